The molecule has 0 N–H and O–H groups in total. The van der Waals surface area contributed by atoms with Gasteiger partial charge in [-0.25, -0.2) is 9.88 Å². The fourth-order valence-corrected chi connectivity index (χ4v) is 1.04. The average Bonchev–Trinajstić information content (AvgIpc) is 2.07. The second-order valence-corrected chi connectivity index (χ2v) is 2.84. The van der Waals surface area contributed by atoms with Crippen molar-refractivity contribution in [1.29, 1.82) is 0 Å². The molecule has 0 fully saturated rings. The van der Waals surface area contributed by atoms with Crippen LogP contribution in [0.1, 0.15) is 0 Å². The van der Waals surface area contributed by atoms with Crippen LogP contribution < -0.4 is 4.90 Å². The lowest BCUT2D eigenvalue weighted by molar-refractivity contribution is -0.106. The summed E-state index contributed by atoms with van der Waals surface area (Å²) in [7, 11) is 0. The fourth-order valence-electron chi connectivity index (χ4n) is 0.682. The highest BCUT2D eigenvalue weighted by Crippen LogP contribution is 2.10. The van der Waals surface area contributed by atoms with Crippen LogP contribution in [0.2, 0.25) is 0 Å². The summed E-state index contributed by atoms with van der Waals surface area (Å²) in [6.07, 6.45) is 1.96. The first-order chi connectivity index (χ1) is 5.75. The standard InChI is InChI=1S/C7H5IN2O2/c8-7(12)10(5-11)6-3-1-2-4-9-6/h1-5H. The van der Waals surface area contributed by atoms with Gasteiger partial charge in [0.05, 0.1) is 0 Å². The molecule has 0 aliphatic heterocycles. The van der Waals surface area contributed by atoms with Crippen molar-refractivity contribution in [3.05, 3.63) is 24.4 Å². The molecule has 0 bridgehead atoms. The van der Waals surface area contributed by atoms with Gasteiger partial charge in [-0.1, -0.05) is 6.07 Å². The number of amides is 2. The molecule has 0 saturated heterocycles. The largest absolute Gasteiger partial charge is 0.295 e. The van der Waals surface area contributed by atoms with E-state index in [0.29, 0.717) is 12.2 Å². The van der Waals surface area contributed by atoms with Gasteiger partial charge in [-0.3, -0.25) is 9.59 Å². The van der Waals surface area contributed by atoms with E-state index >= 15 is 0 Å². The van der Waals surface area contributed by atoms with Gasteiger partial charge in [0.2, 0.25) is 6.41 Å². The molecular weight excluding hydrogens is 271 g/mol. The Morgan fingerprint density at radius 1 is 1.58 bits per heavy atom. The molecule has 0 atom stereocenters. The Bertz CT molecular complexity index is 289. The highest BCUT2D eigenvalue weighted by atomic mass is 127. The van der Waals surface area contributed by atoms with Gasteiger partial charge in [0, 0.05) is 28.8 Å². The van der Waals surface area contributed by atoms with Gasteiger partial charge in [0.1, 0.15) is 5.82 Å². The number of rotatable bonds is 2. The first-order valence-electron chi connectivity index (χ1n) is 3.10. The Balaban J connectivity index is 2.95. The van der Waals surface area contributed by atoms with E-state index in [9.17, 15) is 9.59 Å². The zero-order valence-corrected chi connectivity index (χ0v) is 8.13. The summed E-state index contributed by atoms with van der Waals surface area (Å²) in [6.45, 7) is 0. The number of imide groups is 1. The third-order valence-electron chi connectivity index (χ3n) is 1.19. The Labute approximate surface area is 82.7 Å². The maximum atomic E-state index is 10.8. The molecule has 12 heavy (non-hydrogen) atoms. The van der Waals surface area contributed by atoms with Gasteiger partial charge < -0.3 is 0 Å². The minimum atomic E-state index is -0.374. The highest BCUT2D eigenvalue weighted by Gasteiger charge is 2.11. The lowest BCUT2D eigenvalue weighted by Gasteiger charge is -2.08. The number of hydrogen-bond acceptors (Lipinski definition) is 3. The number of carbonyl (C=O) groups excluding carboxylic acids is 2. The molecule has 1 aromatic rings. The van der Waals surface area contributed by atoms with E-state index in [0.717, 1.165) is 4.90 Å². The zero-order chi connectivity index (χ0) is 8.97. The van der Waals surface area contributed by atoms with Crippen LogP contribution in [0, 0.1) is 0 Å². The summed E-state index contributed by atoms with van der Waals surface area (Å²) < 4.78 is -0.374. The Hall–Kier alpha value is -0.980. The molecule has 0 spiro atoms. The smallest absolute Gasteiger partial charge is 0.278 e. The Kier molecular flexibility index (Phi) is 3.15. The summed E-state index contributed by atoms with van der Waals surface area (Å²) in [5.74, 6) is 0.340. The highest BCUT2D eigenvalue weighted by molar-refractivity contribution is 14.1. The number of carbonyl (C=O) groups is 2. The van der Waals surface area contributed by atoms with Crippen molar-refractivity contribution in [3.8, 4) is 0 Å². The number of nitrogens with zero attached hydrogens (tertiary/aromatic N) is 2. The van der Waals surface area contributed by atoms with Gasteiger partial charge in [-0.2, -0.15) is 0 Å². The van der Waals surface area contributed by atoms with Crippen LogP contribution in [0.25, 0.3) is 0 Å². The van der Waals surface area contributed by atoms with Crippen molar-refractivity contribution in [1.82, 2.24) is 4.98 Å². The van der Waals surface area contributed by atoms with E-state index in [1.807, 2.05) is 0 Å². The molecule has 1 heterocycles. The molecule has 1 aromatic heterocycles. The number of halogens is 1. The van der Waals surface area contributed by atoms with Crippen molar-refractivity contribution >= 4 is 38.7 Å². The van der Waals surface area contributed by atoms with E-state index in [1.165, 1.54) is 28.8 Å². The second-order valence-electron chi connectivity index (χ2n) is 1.92. The van der Waals surface area contributed by atoms with Crippen molar-refractivity contribution in [2.45, 2.75) is 0 Å². The van der Waals surface area contributed by atoms with Crippen molar-refractivity contribution in [2.75, 3.05) is 4.90 Å². The number of pyridine rings is 1. The maximum absolute atomic E-state index is 10.8. The van der Waals surface area contributed by atoms with Crippen molar-refractivity contribution in [2.24, 2.45) is 0 Å². The fraction of sp³-hybridized carbons (Fsp3) is 0. The van der Waals surface area contributed by atoms with Gasteiger partial charge in [0.25, 0.3) is 3.91 Å². The van der Waals surface area contributed by atoms with E-state index in [-0.39, 0.29) is 3.91 Å². The van der Waals surface area contributed by atoms with E-state index < -0.39 is 0 Å². The molecule has 0 radical (unpaired) electrons. The van der Waals surface area contributed by atoms with Gasteiger partial charge in [-0.15, -0.1) is 0 Å². The van der Waals surface area contributed by atoms with Crippen LogP contribution in [-0.2, 0) is 4.79 Å². The average molecular weight is 276 g/mol. The quantitative estimate of drug-likeness (QED) is 0.357. The lowest BCUT2D eigenvalue weighted by Crippen LogP contribution is -2.23. The van der Waals surface area contributed by atoms with Crippen LogP contribution in [0.4, 0.5) is 10.6 Å². The first kappa shape index (κ1) is 9.11. The molecule has 1 rings (SSSR count). The monoisotopic (exact) mass is 276 g/mol. The van der Waals surface area contributed by atoms with Crippen LogP contribution in [0.3, 0.4) is 0 Å². The van der Waals surface area contributed by atoms with Crippen LogP contribution in [0.15, 0.2) is 24.4 Å². The molecule has 0 aromatic carbocycles. The SMILES string of the molecule is O=CN(C(=O)I)c1ccccn1. The molecule has 2 amide bonds. The third kappa shape index (κ3) is 2.00. The Morgan fingerprint density at radius 3 is 2.75 bits per heavy atom. The molecule has 0 aliphatic carbocycles. The van der Waals surface area contributed by atoms with E-state index in [4.69, 9.17) is 0 Å². The minimum Gasteiger partial charge on any atom is -0.278 e. The molecule has 5 heteroatoms. The maximum Gasteiger partial charge on any atom is 0.295 e. The summed E-state index contributed by atoms with van der Waals surface area (Å²) in [5, 5.41) is 0. The van der Waals surface area contributed by atoms with Crippen LogP contribution >= 0.6 is 22.6 Å². The lowest BCUT2D eigenvalue weighted by atomic mass is 10.4. The zero-order valence-electron chi connectivity index (χ0n) is 5.98. The molecule has 62 valence electrons. The van der Waals surface area contributed by atoms with Crippen molar-refractivity contribution < 1.29 is 9.59 Å². The summed E-state index contributed by atoms with van der Waals surface area (Å²) in [4.78, 5) is 26.0. The number of anilines is 1. The molecule has 4 nitrogen and oxygen atoms in total. The van der Waals surface area contributed by atoms with Gasteiger partial charge in [0.15, 0.2) is 0 Å². The van der Waals surface area contributed by atoms with Gasteiger partial charge >= 0.3 is 0 Å². The number of aromatic nitrogens is 1. The topological polar surface area (TPSA) is 50.3 Å². The third-order valence-corrected chi connectivity index (χ3v) is 1.71. The first-order valence-corrected chi connectivity index (χ1v) is 4.18. The van der Waals surface area contributed by atoms with E-state index in [1.54, 1.807) is 18.2 Å². The minimum absolute atomic E-state index is 0.340. The second kappa shape index (κ2) is 4.15. The Morgan fingerprint density at radius 2 is 2.33 bits per heavy atom. The molecular formula is C7H5IN2O2. The predicted molar refractivity (Wildman–Crippen MR) is 52.2 cm³/mol. The molecule has 0 aliphatic rings. The normalized spacial score (nSPS) is 9.08. The summed E-state index contributed by atoms with van der Waals surface area (Å²) >= 11 is 1.52. The van der Waals surface area contributed by atoms with E-state index in [2.05, 4.69) is 4.98 Å². The molecule has 0 unspecified atom stereocenters. The summed E-state index contributed by atoms with van der Waals surface area (Å²) in [6, 6.07) is 5.01. The van der Waals surface area contributed by atoms with Crippen molar-refractivity contribution in [3.63, 3.8) is 0 Å². The number of hydrogen-bond donors (Lipinski definition) is 0. The van der Waals surface area contributed by atoms with Gasteiger partial charge in [-0.05, 0) is 12.1 Å². The molecule has 0 saturated carbocycles. The summed E-state index contributed by atoms with van der Waals surface area (Å²) in [5.41, 5.74) is 0. The predicted octanol–water partition coefficient (Wildman–Crippen LogP) is 1.60. The van der Waals surface area contributed by atoms with Crippen LogP contribution in [-0.4, -0.2) is 15.3 Å². The van der Waals surface area contributed by atoms with Crippen LogP contribution in [0.5, 0.6) is 0 Å².